The van der Waals surface area contributed by atoms with Crippen LogP contribution in [-0.4, -0.2) is 55.3 Å². The minimum atomic E-state index is -0.749. The number of piperidine rings is 1. The molecule has 1 aliphatic rings. The second-order valence-corrected chi connectivity index (χ2v) is 14.3. The van der Waals surface area contributed by atoms with Crippen molar-refractivity contribution < 1.29 is 33.3 Å². The second-order valence-electron chi connectivity index (χ2n) is 14.3. The third kappa shape index (κ3) is 12.5. The normalized spacial score (nSPS) is 17.8. The molecular weight excluding hydrogens is 654 g/mol. The summed E-state index contributed by atoms with van der Waals surface area (Å²) in [5, 5.41) is 1.62. The van der Waals surface area contributed by atoms with Crippen LogP contribution in [0.1, 0.15) is 80.3 Å². The van der Waals surface area contributed by atoms with E-state index in [-0.39, 0.29) is 18.1 Å². The first kappa shape index (κ1) is 39.0. The van der Waals surface area contributed by atoms with Gasteiger partial charge in [-0.25, -0.2) is 4.79 Å². The van der Waals surface area contributed by atoms with Crippen LogP contribution in [0.3, 0.4) is 0 Å². The van der Waals surface area contributed by atoms with Crippen LogP contribution in [-0.2, 0) is 56.4 Å². The standard InChI is InChI=1S/C44H55NO7/c1-6-33-14-18-36(19-15-33)31-49-40-28-45(52-43(46)51-44(3,4)5)29-41(50-32-37-20-16-34(7-2)17-21-37)42(40)38-22-24-39(25-23-38)48-27-11-26-47-30-35-12-9-8-10-13-35/h8-10,12-25,40-42H,6-7,11,26-32H2,1-5H3/t40-,41+,42?. The Morgan fingerprint density at radius 1 is 0.654 bits per heavy atom. The Bertz CT molecular complexity index is 1560. The molecule has 0 spiro atoms. The van der Waals surface area contributed by atoms with E-state index in [2.05, 4.69) is 86.6 Å². The van der Waals surface area contributed by atoms with E-state index in [0.29, 0.717) is 46.1 Å². The zero-order valence-electron chi connectivity index (χ0n) is 31.4. The molecule has 8 heteroatoms. The Hall–Kier alpha value is -4.21. The summed E-state index contributed by atoms with van der Waals surface area (Å²) in [6, 6.07) is 35.4. The predicted molar refractivity (Wildman–Crippen MR) is 203 cm³/mol. The molecule has 1 fully saturated rings. The first-order valence-electron chi connectivity index (χ1n) is 18.6. The van der Waals surface area contributed by atoms with Gasteiger partial charge in [0.2, 0.25) is 0 Å². The van der Waals surface area contributed by atoms with Gasteiger partial charge in [0.1, 0.15) is 11.4 Å². The SMILES string of the molecule is CCc1ccc(CO[C@H]2CN(OC(=O)OC(C)(C)C)C[C@@H](OCc3ccc(CC)cc3)C2c2ccc(OCCCOCc3ccccc3)cc2)cc1. The van der Waals surface area contributed by atoms with Gasteiger partial charge in [-0.15, -0.1) is 5.06 Å². The molecule has 3 atom stereocenters. The lowest BCUT2D eigenvalue weighted by Crippen LogP contribution is -2.53. The maximum absolute atomic E-state index is 12.8. The molecule has 1 unspecified atom stereocenters. The molecule has 4 aromatic carbocycles. The predicted octanol–water partition coefficient (Wildman–Crippen LogP) is 9.23. The largest absolute Gasteiger partial charge is 0.528 e. The zero-order chi connectivity index (χ0) is 36.8. The lowest BCUT2D eigenvalue weighted by atomic mass is 9.85. The topological polar surface area (TPSA) is 75.7 Å². The molecule has 0 bridgehead atoms. The molecule has 0 N–H and O–H groups in total. The molecule has 0 aromatic heterocycles. The van der Waals surface area contributed by atoms with E-state index in [1.54, 1.807) is 5.06 Å². The van der Waals surface area contributed by atoms with Crippen molar-refractivity contribution in [1.29, 1.82) is 0 Å². The van der Waals surface area contributed by atoms with Crippen LogP contribution in [0.2, 0.25) is 0 Å². The Morgan fingerprint density at radius 2 is 1.17 bits per heavy atom. The van der Waals surface area contributed by atoms with Crippen LogP contribution in [0.15, 0.2) is 103 Å². The first-order valence-corrected chi connectivity index (χ1v) is 18.6. The van der Waals surface area contributed by atoms with E-state index in [9.17, 15) is 4.79 Å². The fraction of sp³-hybridized carbons (Fsp3) is 0.432. The lowest BCUT2D eigenvalue weighted by Gasteiger charge is -2.42. The summed E-state index contributed by atoms with van der Waals surface area (Å²) in [7, 11) is 0. The molecule has 52 heavy (non-hydrogen) atoms. The van der Waals surface area contributed by atoms with Gasteiger partial charge in [0.05, 0.1) is 58.3 Å². The third-order valence-corrected chi connectivity index (χ3v) is 9.03. The molecule has 1 heterocycles. The molecule has 1 saturated heterocycles. The molecule has 4 aromatic rings. The Balaban J connectivity index is 1.31. The smallest absolute Gasteiger partial charge is 0.494 e. The number of aryl methyl sites for hydroxylation is 2. The highest BCUT2D eigenvalue weighted by Gasteiger charge is 2.41. The van der Waals surface area contributed by atoms with Crippen molar-refractivity contribution >= 4 is 6.16 Å². The average molecular weight is 710 g/mol. The number of rotatable bonds is 17. The van der Waals surface area contributed by atoms with Crippen LogP contribution >= 0.6 is 0 Å². The number of ether oxygens (including phenoxy) is 5. The molecule has 0 saturated carbocycles. The molecule has 0 amide bonds. The molecule has 5 rings (SSSR count). The summed E-state index contributed by atoms with van der Waals surface area (Å²) in [6.45, 7) is 13.0. The van der Waals surface area contributed by atoms with Crippen molar-refractivity contribution in [1.82, 2.24) is 5.06 Å². The molecule has 8 nitrogen and oxygen atoms in total. The number of benzene rings is 4. The van der Waals surface area contributed by atoms with E-state index in [4.69, 9.17) is 28.5 Å². The van der Waals surface area contributed by atoms with Crippen LogP contribution in [0.4, 0.5) is 4.79 Å². The Morgan fingerprint density at radius 3 is 1.69 bits per heavy atom. The minimum absolute atomic E-state index is 0.149. The van der Waals surface area contributed by atoms with Gasteiger partial charge in [-0.2, -0.15) is 0 Å². The van der Waals surface area contributed by atoms with Crippen molar-refractivity contribution in [3.8, 4) is 5.75 Å². The summed E-state index contributed by atoms with van der Waals surface area (Å²) < 4.78 is 30.8. The van der Waals surface area contributed by atoms with Crippen molar-refractivity contribution in [2.24, 2.45) is 0 Å². The van der Waals surface area contributed by atoms with Gasteiger partial charge in [0.15, 0.2) is 0 Å². The highest BCUT2D eigenvalue weighted by atomic mass is 16.8. The van der Waals surface area contributed by atoms with E-state index < -0.39 is 11.8 Å². The van der Waals surface area contributed by atoms with Gasteiger partial charge >= 0.3 is 6.16 Å². The third-order valence-electron chi connectivity index (χ3n) is 9.03. The molecule has 1 aliphatic heterocycles. The summed E-state index contributed by atoms with van der Waals surface area (Å²) in [4.78, 5) is 18.6. The van der Waals surface area contributed by atoms with E-state index >= 15 is 0 Å². The van der Waals surface area contributed by atoms with Gasteiger partial charge in [0, 0.05) is 12.3 Å². The summed E-state index contributed by atoms with van der Waals surface area (Å²) in [6.07, 6.45) is 1.27. The van der Waals surface area contributed by atoms with Crippen molar-refractivity contribution in [3.05, 3.63) is 137 Å². The molecule has 0 aliphatic carbocycles. The fourth-order valence-corrected chi connectivity index (χ4v) is 6.18. The molecular formula is C44H55NO7. The van der Waals surface area contributed by atoms with Gasteiger partial charge in [-0.3, -0.25) is 0 Å². The maximum atomic E-state index is 12.8. The van der Waals surface area contributed by atoms with E-state index in [0.717, 1.165) is 47.3 Å². The van der Waals surface area contributed by atoms with Gasteiger partial charge < -0.3 is 28.5 Å². The van der Waals surface area contributed by atoms with Crippen LogP contribution < -0.4 is 4.74 Å². The van der Waals surface area contributed by atoms with Crippen LogP contribution in [0.5, 0.6) is 5.75 Å². The fourth-order valence-electron chi connectivity index (χ4n) is 6.18. The zero-order valence-corrected chi connectivity index (χ0v) is 31.4. The molecule has 278 valence electrons. The van der Waals surface area contributed by atoms with E-state index in [1.165, 1.54) is 11.1 Å². The monoisotopic (exact) mass is 709 g/mol. The molecule has 0 radical (unpaired) electrons. The highest BCUT2D eigenvalue weighted by molar-refractivity contribution is 5.60. The number of hydroxylamine groups is 2. The van der Waals surface area contributed by atoms with Crippen molar-refractivity contribution in [3.63, 3.8) is 0 Å². The Kier molecular flexibility index (Phi) is 14.7. The van der Waals surface area contributed by atoms with Gasteiger partial charge in [-0.05, 0) is 79.1 Å². The van der Waals surface area contributed by atoms with E-state index in [1.807, 2.05) is 51.1 Å². The van der Waals surface area contributed by atoms with Gasteiger partial charge in [0.25, 0.3) is 0 Å². The minimum Gasteiger partial charge on any atom is -0.494 e. The summed E-state index contributed by atoms with van der Waals surface area (Å²) >= 11 is 0. The van der Waals surface area contributed by atoms with Gasteiger partial charge in [-0.1, -0.05) is 105 Å². The van der Waals surface area contributed by atoms with Crippen molar-refractivity contribution in [2.45, 2.75) is 97.4 Å². The summed E-state index contributed by atoms with van der Waals surface area (Å²) in [5.74, 6) is 0.642. The first-order chi connectivity index (χ1) is 25.2. The highest BCUT2D eigenvalue weighted by Crippen LogP contribution is 2.35. The quantitative estimate of drug-likeness (QED) is 0.0794. The summed E-state index contributed by atoms with van der Waals surface area (Å²) in [5.41, 5.74) is 6.24. The van der Waals surface area contributed by atoms with Crippen molar-refractivity contribution in [2.75, 3.05) is 26.3 Å². The van der Waals surface area contributed by atoms with Crippen LogP contribution in [0, 0.1) is 0 Å². The number of hydrogen-bond acceptors (Lipinski definition) is 8. The maximum Gasteiger partial charge on any atom is 0.528 e. The number of nitrogens with zero attached hydrogens (tertiary/aromatic N) is 1. The lowest BCUT2D eigenvalue weighted by molar-refractivity contribution is -0.209. The average Bonchev–Trinajstić information content (AvgIpc) is 3.14. The number of hydrogen-bond donors (Lipinski definition) is 0. The number of carbonyl (C=O) groups excluding carboxylic acids is 1. The van der Waals surface area contributed by atoms with Crippen LogP contribution in [0.25, 0.3) is 0 Å². The number of carbonyl (C=O) groups is 1. The Labute approximate surface area is 309 Å². The second kappa shape index (κ2) is 19.6.